The van der Waals surface area contributed by atoms with Crippen LogP contribution in [0.5, 0.6) is 0 Å². The molecule has 0 unspecified atom stereocenters. The van der Waals surface area contributed by atoms with E-state index in [1.165, 1.54) is 12.1 Å². The van der Waals surface area contributed by atoms with Gasteiger partial charge >= 0.3 is 18.3 Å². The predicted octanol–water partition coefficient (Wildman–Crippen LogP) is 4.17. The van der Waals surface area contributed by atoms with Crippen LogP contribution in [0.4, 0.5) is 37.7 Å². The Morgan fingerprint density at radius 1 is 0.846 bits per heavy atom. The van der Waals surface area contributed by atoms with Crippen molar-refractivity contribution in [3.63, 3.8) is 0 Å². The summed E-state index contributed by atoms with van der Waals surface area (Å²) in [5.41, 5.74) is 3.32. The summed E-state index contributed by atoms with van der Waals surface area (Å²) in [5, 5.41) is 1.42. The van der Waals surface area contributed by atoms with Gasteiger partial charge in [0.15, 0.2) is 0 Å². The Labute approximate surface area is 153 Å². The summed E-state index contributed by atoms with van der Waals surface area (Å²) in [4.78, 5) is 2.41. The third kappa shape index (κ3) is 4.95. The fraction of sp³-hybridized carbons (Fsp3) is 0.133. The highest BCUT2D eigenvalue weighted by Gasteiger charge is 2.34. The first-order valence-corrected chi connectivity index (χ1v) is 7.53. The maximum Gasteiger partial charge on any atom is 0.417 e. The lowest BCUT2D eigenvalue weighted by molar-refractivity contribution is -0.355. The zero-order chi connectivity index (χ0) is 19.7. The van der Waals surface area contributed by atoms with Crippen LogP contribution < -0.4 is 16.0 Å². The van der Waals surface area contributed by atoms with Gasteiger partial charge in [-0.15, -0.1) is 0 Å². The molecule has 2 rings (SSSR count). The van der Waals surface area contributed by atoms with Crippen LogP contribution in [0.3, 0.4) is 0 Å². The molecule has 0 saturated heterocycles. The molecule has 0 fully saturated rings. The molecule has 0 bridgehead atoms. The zero-order valence-electron chi connectivity index (χ0n) is 12.6. The van der Waals surface area contributed by atoms with Crippen molar-refractivity contribution in [1.82, 2.24) is 0 Å². The van der Waals surface area contributed by atoms with E-state index in [0.717, 1.165) is 24.3 Å². The molecule has 0 spiro atoms. The molecule has 0 aliphatic rings. The van der Waals surface area contributed by atoms with Gasteiger partial charge in [0.2, 0.25) is 0 Å². The van der Waals surface area contributed by atoms with Crippen molar-refractivity contribution < 1.29 is 31.3 Å². The topological polar surface area (TPSA) is 52.0 Å². The molecule has 0 saturated carbocycles. The summed E-state index contributed by atoms with van der Waals surface area (Å²) >= 11 is 11.0. The van der Waals surface area contributed by atoms with Crippen molar-refractivity contribution in [2.75, 3.05) is 5.32 Å². The van der Waals surface area contributed by atoms with Gasteiger partial charge in [-0.3, -0.25) is 5.73 Å². The summed E-state index contributed by atoms with van der Waals surface area (Å²) < 4.78 is 76.9. The van der Waals surface area contributed by atoms with Crippen LogP contribution in [0.25, 0.3) is 0 Å². The number of guanidine groups is 1. The standard InChI is InChI=1S/C15H9Cl2F6N3/c16-11-3-1-7(5-9(11)14(18,19)20)25-13(24)26-8-2-4-12(17)10(6-8)15(21,22)23/h1-6H,(H3,24,25,26)/p+1. The van der Waals surface area contributed by atoms with E-state index in [9.17, 15) is 26.3 Å². The molecule has 140 valence electrons. The lowest BCUT2D eigenvalue weighted by atomic mass is 10.2. The first kappa shape index (κ1) is 20.2. The molecule has 0 heterocycles. The Morgan fingerprint density at radius 2 is 1.35 bits per heavy atom. The van der Waals surface area contributed by atoms with Crippen LogP contribution in [-0.4, -0.2) is 5.96 Å². The van der Waals surface area contributed by atoms with E-state index in [4.69, 9.17) is 28.9 Å². The average Bonchev–Trinajstić information content (AvgIpc) is 2.49. The van der Waals surface area contributed by atoms with E-state index in [0.29, 0.717) is 0 Å². The van der Waals surface area contributed by atoms with Crippen molar-refractivity contribution >= 4 is 40.5 Å². The number of hydrogen-bond acceptors (Lipinski definition) is 0. The van der Waals surface area contributed by atoms with Gasteiger partial charge in [0.1, 0.15) is 0 Å². The predicted molar refractivity (Wildman–Crippen MR) is 86.3 cm³/mol. The Bertz CT molecular complexity index is 846. The second-order valence-corrected chi connectivity index (χ2v) is 5.86. The van der Waals surface area contributed by atoms with E-state index in [2.05, 4.69) is 10.3 Å². The number of anilines is 1. The molecule has 0 aliphatic heterocycles. The Hall–Kier alpha value is -2.13. The van der Waals surface area contributed by atoms with Gasteiger partial charge in [-0.1, -0.05) is 23.2 Å². The molecule has 0 aromatic heterocycles. The normalized spacial score (nSPS) is 13.0. The van der Waals surface area contributed by atoms with Crippen LogP contribution in [0, 0.1) is 0 Å². The van der Waals surface area contributed by atoms with Crippen molar-refractivity contribution in [2.45, 2.75) is 12.4 Å². The monoisotopic (exact) mass is 416 g/mol. The summed E-state index contributed by atoms with van der Waals surface area (Å²) in [7, 11) is 0. The van der Waals surface area contributed by atoms with Crippen LogP contribution >= 0.6 is 23.2 Å². The van der Waals surface area contributed by atoms with Gasteiger partial charge < -0.3 is 0 Å². The lowest BCUT2D eigenvalue weighted by Gasteiger charge is -2.10. The Balaban J connectivity index is 2.30. The van der Waals surface area contributed by atoms with Crippen LogP contribution in [-0.2, 0) is 12.4 Å². The number of alkyl halides is 6. The van der Waals surface area contributed by atoms with E-state index < -0.39 is 33.5 Å². The van der Waals surface area contributed by atoms with Crippen LogP contribution in [0.2, 0.25) is 10.0 Å². The highest BCUT2D eigenvalue weighted by molar-refractivity contribution is 6.31. The van der Waals surface area contributed by atoms with Crippen LogP contribution in [0.15, 0.2) is 36.4 Å². The molecular formula is C15H10Cl2F6N3+. The number of hydrogen-bond donors (Lipinski definition) is 3. The summed E-state index contributed by atoms with van der Waals surface area (Å²) in [5.74, 6) is -0.295. The van der Waals surface area contributed by atoms with Gasteiger partial charge in [-0.05, 0) is 36.4 Å². The van der Waals surface area contributed by atoms with Crippen molar-refractivity contribution in [3.05, 3.63) is 57.6 Å². The van der Waals surface area contributed by atoms with Gasteiger partial charge in [-0.2, -0.15) is 26.3 Å². The average molecular weight is 417 g/mol. The second kappa shape index (κ2) is 7.24. The molecule has 3 nitrogen and oxygen atoms in total. The van der Waals surface area contributed by atoms with E-state index in [1.807, 2.05) is 0 Å². The second-order valence-electron chi connectivity index (χ2n) is 5.05. The van der Waals surface area contributed by atoms with Gasteiger partial charge in [0.25, 0.3) is 0 Å². The number of nitrogens with two attached hydrogens (primary N) is 1. The minimum Gasteiger partial charge on any atom is -0.290 e. The first-order chi connectivity index (χ1) is 11.9. The number of nitrogens with one attached hydrogen (secondary N) is 2. The minimum absolute atomic E-state index is 0.0586. The summed E-state index contributed by atoms with van der Waals surface area (Å²) in [6.07, 6.45) is -9.34. The van der Waals surface area contributed by atoms with Crippen LogP contribution in [0.1, 0.15) is 11.1 Å². The Kier molecular flexibility index (Phi) is 5.62. The number of benzene rings is 2. The van der Waals surface area contributed by atoms with E-state index in [-0.39, 0.29) is 17.3 Å². The third-order valence-electron chi connectivity index (χ3n) is 3.10. The van der Waals surface area contributed by atoms with Gasteiger partial charge in [-0.25, -0.2) is 10.3 Å². The lowest BCUT2D eigenvalue weighted by Crippen LogP contribution is -2.71. The van der Waals surface area contributed by atoms with E-state index in [1.54, 1.807) is 0 Å². The summed E-state index contributed by atoms with van der Waals surface area (Å²) in [6.45, 7) is 0. The van der Waals surface area contributed by atoms with Crippen molar-refractivity contribution in [3.8, 4) is 0 Å². The molecule has 11 heteroatoms. The fourth-order valence-electron chi connectivity index (χ4n) is 1.98. The first-order valence-electron chi connectivity index (χ1n) is 6.78. The number of halogens is 8. The molecule has 0 amide bonds. The molecule has 26 heavy (non-hydrogen) atoms. The fourth-order valence-corrected chi connectivity index (χ4v) is 2.43. The molecule has 2 aromatic rings. The number of rotatable bonds is 2. The van der Waals surface area contributed by atoms with Crippen molar-refractivity contribution in [2.24, 2.45) is 5.73 Å². The maximum absolute atomic E-state index is 12.8. The highest BCUT2D eigenvalue weighted by atomic mass is 35.5. The summed E-state index contributed by atoms with van der Waals surface area (Å²) in [6, 6.07) is 5.94. The van der Waals surface area contributed by atoms with Gasteiger partial charge in [0.05, 0.1) is 32.5 Å². The molecular weight excluding hydrogens is 407 g/mol. The Morgan fingerprint density at radius 3 is 1.88 bits per heavy atom. The highest BCUT2D eigenvalue weighted by Crippen LogP contribution is 2.36. The quantitative estimate of drug-likeness (QED) is 0.391. The molecule has 0 atom stereocenters. The van der Waals surface area contributed by atoms with Gasteiger partial charge in [0, 0.05) is 0 Å². The van der Waals surface area contributed by atoms with Crippen molar-refractivity contribution in [1.29, 1.82) is 0 Å². The minimum atomic E-state index is -4.67. The zero-order valence-corrected chi connectivity index (χ0v) is 14.1. The van der Waals surface area contributed by atoms with E-state index >= 15 is 0 Å². The SMILES string of the molecule is NC(Nc1ccc(Cl)c(C(F)(F)F)c1)=[NH+]c1ccc(Cl)c(C(F)(F)F)c1. The smallest absolute Gasteiger partial charge is 0.290 e. The third-order valence-corrected chi connectivity index (χ3v) is 3.76. The molecule has 0 aliphatic carbocycles. The molecule has 4 N–H and O–H groups in total. The largest absolute Gasteiger partial charge is 0.417 e. The molecule has 0 radical (unpaired) electrons. The molecule has 2 aromatic carbocycles. The maximum atomic E-state index is 12.8.